The van der Waals surface area contributed by atoms with Crippen molar-refractivity contribution in [2.24, 2.45) is 4.99 Å². The molecule has 0 radical (unpaired) electrons. The van der Waals surface area contributed by atoms with Crippen LogP contribution in [0.15, 0.2) is 29.4 Å². The summed E-state index contributed by atoms with van der Waals surface area (Å²) in [7, 11) is 0. The number of benzene rings is 1. The number of hydrogen-bond acceptors (Lipinski definition) is 4. The molecule has 160 valence electrons. The fourth-order valence-corrected chi connectivity index (χ4v) is 4.09. The maximum Gasteiger partial charge on any atom is 0.191 e. The van der Waals surface area contributed by atoms with Crippen molar-refractivity contribution >= 4 is 47.0 Å². The SMILES string of the molecule is CCNC(=NCCc1ncc(CC)s1)NC1CCN(c2ccc(F)cc2F)C1.I. The largest absolute Gasteiger partial charge is 0.367 e. The topological polar surface area (TPSA) is 52.6 Å². The Morgan fingerprint density at radius 1 is 1.34 bits per heavy atom. The van der Waals surface area contributed by atoms with E-state index in [0.717, 1.165) is 49.4 Å². The number of aryl methyl sites for hydroxylation is 1. The van der Waals surface area contributed by atoms with Crippen LogP contribution in [-0.4, -0.2) is 43.2 Å². The minimum atomic E-state index is -0.553. The molecular weight excluding hydrogens is 507 g/mol. The van der Waals surface area contributed by atoms with Crippen LogP contribution in [0.25, 0.3) is 0 Å². The minimum Gasteiger partial charge on any atom is -0.367 e. The Labute approximate surface area is 192 Å². The van der Waals surface area contributed by atoms with Crippen LogP contribution in [0.2, 0.25) is 0 Å². The van der Waals surface area contributed by atoms with Gasteiger partial charge in [-0.05, 0) is 31.9 Å². The van der Waals surface area contributed by atoms with Crippen molar-refractivity contribution < 1.29 is 8.78 Å². The minimum absolute atomic E-state index is 0. The van der Waals surface area contributed by atoms with Crippen molar-refractivity contribution in [3.8, 4) is 0 Å². The highest BCUT2D eigenvalue weighted by Crippen LogP contribution is 2.24. The lowest BCUT2D eigenvalue weighted by atomic mass is 10.2. The van der Waals surface area contributed by atoms with Gasteiger partial charge >= 0.3 is 0 Å². The van der Waals surface area contributed by atoms with Gasteiger partial charge in [0.25, 0.3) is 0 Å². The van der Waals surface area contributed by atoms with Gasteiger partial charge < -0.3 is 15.5 Å². The van der Waals surface area contributed by atoms with Gasteiger partial charge in [-0.1, -0.05) is 6.92 Å². The second-order valence-corrected chi connectivity index (χ2v) is 7.96. The third-order valence-electron chi connectivity index (χ3n) is 4.67. The van der Waals surface area contributed by atoms with E-state index in [4.69, 9.17) is 0 Å². The first-order chi connectivity index (χ1) is 13.6. The van der Waals surface area contributed by atoms with Gasteiger partial charge in [0.2, 0.25) is 0 Å². The van der Waals surface area contributed by atoms with Crippen molar-refractivity contribution in [2.75, 3.05) is 31.1 Å². The van der Waals surface area contributed by atoms with E-state index in [1.807, 2.05) is 18.0 Å². The van der Waals surface area contributed by atoms with Gasteiger partial charge in [-0.3, -0.25) is 4.99 Å². The van der Waals surface area contributed by atoms with Crippen LogP contribution in [0.3, 0.4) is 0 Å². The van der Waals surface area contributed by atoms with Gasteiger partial charge in [0.1, 0.15) is 11.6 Å². The number of aliphatic imine (C=N–C) groups is 1. The Bertz CT molecular complexity index is 814. The maximum atomic E-state index is 14.0. The van der Waals surface area contributed by atoms with Crippen LogP contribution in [0.5, 0.6) is 0 Å². The highest BCUT2D eigenvalue weighted by molar-refractivity contribution is 14.0. The quantitative estimate of drug-likeness (QED) is 0.320. The molecule has 2 heterocycles. The van der Waals surface area contributed by atoms with E-state index < -0.39 is 11.6 Å². The molecule has 0 saturated carbocycles. The van der Waals surface area contributed by atoms with Crippen molar-refractivity contribution in [2.45, 2.75) is 39.2 Å². The molecule has 0 spiro atoms. The number of nitrogens with one attached hydrogen (secondary N) is 2. The molecule has 1 unspecified atom stereocenters. The van der Waals surface area contributed by atoms with Crippen molar-refractivity contribution in [3.05, 3.63) is 45.9 Å². The second-order valence-electron chi connectivity index (χ2n) is 6.76. The molecular formula is C20H28F2IN5S. The van der Waals surface area contributed by atoms with E-state index in [2.05, 4.69) is 27.5 Å². The maximum absolute atomic E-state index is 14.0. The van der Waals surface area contributed by atoms with Gasteiger partial charge in [0.05, 0.1) is 10.7 Å². The predicted molar refractivity (Wildman–Crippen MR) is 127 cm³/mol. The number of halogens is 3. The average molecular weight is 535 g/mol. The van der Waals surface area contributed by atoms with E-state index in [1.54, 1.807) is 11.3 Å². The smallest absolute Gasteiger partial charge is 0.191 e. The third kappa shape index (κ3) is 6.77. The molecule has 5 nitrogen and oxygen atoms in total. The van der Waals surface area contributed by atoms with E-state index in [1.165, 1.54) is 17.0 Å². The van der Waals surface area contributed by atoms with Crippen molar-refractivity contribution in [1.29, 1.82) is 0 Å². The molecule has 0 aliphatic carbocycles. The Hall–Kier alpha value is -1.49. The van der Waals surface area contributed by atoms with E-state index in [0.29, 0.717) is 18.8 Å². The van der Waals surface area contributed by atoms with Gasteiger partial charge in [-0.15, -0.1) is 35.3 Å². The molecule has 1 aromatic carbocycles. The fourth-order valence-electron chi connectivity index (χ4n) is 3.24. The number of hydrogen-bond donors (Lipinski definition) is 2. The highest BCUT2D eigenvalue weighted by Gasteiger charge is 2.25. The summed E-state index contributed by atoms with van der Waals surface area (Å²) in [5.41, 5.74) is 0.447. The van der Waals surface area contributed by atoms with Crippen LogP contribution in [0.1, 0.15) is 30.2 Å². The van der Waals surface area contributed by atoms with E-state index >= 15 is 0 Å². The summed E-state index contributed by atoms with van der Waals surface area (Å²) in [4.78, 5) is 12.3. The molecule has 0 bridgehead atoms. The molecule has 0 amide bonds. The summed E-state index contributed by atoms with van der Waals surface area (Å²) in [5, 5.41) is 7.81. The molecule has 1 aromatic heterocycles. The first-order valence-corrected chi connectivity index (χ1v) is 10.6. The van der Waals surface area contributed by atoms with Crippen LogP contribution in [0.4, 0.5) is 14.5 Å². The van der Waals surface area contributed by atoms with Crippen molar-refractivity contribution in [3.63, 3.8) is 0 Å². The van der Waals surface area contributed by atoms with E-state index in [9.17, 15) is 8.78 Å². The third-order valence-corrected chi connectivity index (χ3v) is 5.87. The average Bonchev–Trinajstić information content (AvgIpc) is 3.31. The number of guanidine groups is 1. The predicted octanol–water partition coefficient (Wildman–Crippen LogP) is 3.98. The number of aromatic nitrogens is 1. The number of thiazole rings is 1. The number of anilines is 1. The Morgan fingerprint density at radius 2 is 2.17 bits per heavy atom. The second kappa shape index (κ2) is 11.6. The first-order valence-electron chi connectivity index (χ1n) is 9.77. The summed E-state index contributed by atoms with van der Waals surface area (Å²) in [5.74, 6) is -0.305. The zero-order chi connectivity index (χ0) is 19.9. The molecule has 1 saturated heterocycles. The lowest BCUT2D eigenvalue weighted by Gasteiger charge is -2.21. The molecule has 3 rings (SSSR count). The molecule has 1 atom stereocenters. The summed E-state index contributed by atoms with van der Waals surface area (Å²) in [6.07, 6.45) is 4.64. The normalized spacial score (nSPS) is 16.6. The summed E-state index contributed by atoms with van der Waals surface area (Å²) < 4.78 is 27.2. The number of nitrogens with zero attached hydrogens (tertiary/aromatic N) is 3. The van der Waals surface area contributed by atoms with Gasteiger partial charge in [-0.25, -0.2) is 13.8 Å². The molecule has 1 fully saturated rings. The summed E-state index contributed by atoms with van der Waals surface area (Å²) in [6.45, 7) is 6.96. The fraction of sp³-hybridized carbons (Fsp3) is 0.500. The summed E-state index contributed by atoms with van der Waals surface area (Å²) >= 11 is 1.74. The lowest BCUT2D eigenvalue weighted by Crippen LogP contribution is -2.44. The van der Waals surface area contributed by atoms with Crippen LogP contribution >= 0.6 is 35.3 Å². The lowest BCUT2D eigenvalue weighted by molar-refractivity contribution is 0.580. The highest BCUT2D eigenvalue weighted by atomic mass is 127. The Morgan fingerprint density at radius 3 is 2.86 bits per heavy atom. The molecule has 9 heteroatoms. The van der Waals surface area contributed by atoms with E-state index in [-0.39, 0.29) is 30.0 Å². The zero-order valence-corrected chi connectivity index (χ0v) is 19.9. The Kier molecular flexibility index (Phi) is 9.54. The molecule has 1 aliphatic heterocycles. The van der Waals surface area contributed by atoms with Gasteiger partial charge in [-0.2, -0.15) is 0 Å². The summed E-state index contributed by atoms with van der Waals surface area (Å²) in [6, 6.07) is 3.90. The molecule has 1 aliphatic rings. The standard InChI is InChI=1S/C20H27F2N5S.HI/c1-3-16-12-25-19(28-16)7-9-24-20(23-4-2)26-15-8-10-27(13-15)18-6-5-14(21)11-17(18)22;/h5-6,11-12,15H,3-4,7-10,13H2,1-2H3,(H2,23,24,26);1H. The number of rotatable bonds is 7. The molecule has 2 aromatic rings. The Balaban J connectivity index is 0.00000300. The molecule has 2 N–H and O–H groups in total. The van der Waals surface area contributed by atoms with Gasteiger partial charge in [0, 0.05) is 55.8 Å². The molecule has 29 heavy (non-hydrogen) atoms. The van der Waals surface area contributed by atoms with Crippen LogP contribution in [-0.2, 0) is 12.8 Å². The van der Waals surface area contributed by atoms with Crippen LogP contribution < -0.4 is 15.5 Å². The zero-order valence-electron chi connectivity index (χ0n) is 16.8. The van der Waals surface area contributed by atoms with Gasteiger partial charge in [0.15, 0.2) is 5.96 Å². The monoisotopic (exact) mass is 535 g/mol. The van der Waals surface area contributed by atoms with Crippen molar-refractivity contribution in [1.82, 2.24) is 15.6 Å². The van der Waals surface area contributed by atoms with Crippen LogP contribution in [0, 0.1) is 11.6 Å². The first kappa shape index (κ1) is 23.8.